The van der Waals surface area contributed by atoms with Gasteiger partial charge in [-0.1, -0.05) is 0 Å². The maximum absolute atomic E-state index is 9.54. The van der Waals surface area contributed by atoms with Crippen molar-refractivity contribution in [3.8, 4) is 0 Å². The zero-order chi connectivity index (χ0) is 10.3. The molecule has 0 heterocycles. The summed E-state index contributed by atoms with van der Waals surface area (Å²) in [6.45, 7) is 2.00. The minimum absolute atomic E-state index is 0. The number of hydrogen-bond donors (Lipinski definition) is 2. The van der Waals surface area contributed by atoms with Crippen molar-refractivity contribution < 1.29 is 46.5 Å². The molecule has 6 nitrogen and oxygen atoms in total. The fourth-order valence-corrected chi connectivity index (χ4v) is 0. The Balaban J connectivity index is -0.000000143. The zero-order valence-corrected chi connectivity index (χ0v) is 7.77. The number of aliphatic carboxylic acids is 2. The van der Waals surface area contributed by atoms with Gasteiger partial charge in [-0.25, -0.2) is 9.59 Å². The van der Waals surface area contributed by atoms with Crippen molar-refractivity contribution in [1.82, 2.24) is 0 Å². The maximum atomic E-state index is 9.54. The zero-order valence-electron chi connectivity index (χ0n) is 6.83. The Bertz CT molecular complexity index is 173. The second kappa shape index (κ2) is 8.89. The standard InChI is InChI=1S/2C3H4O3.Cu/c2*1-2(4)3(5)6;/h2*1H3,(H,5,6);. The number of Topliss-reactive ketones (excluding diaryl/α,β-unsaturated/α-hetero) is 2. The number of carboxylic acids is 2. The van der Waals surface area contributed by atoms with Crippen LogP contribution in [-0.4, -0.2) is 33.7 Å². The summed E-state index contributed by atoms with van der Waals surface area (Å²) in [5.41, 5.74) is 0. The van der Waals surface area contributed by atoms with Gasteiger partial charge in [-0.2, -0.15) is 0 Å². The van der Waals surface area contributed by atoms with Gasteiger partial charge in [0.05, 0.1) is 0 Å². The Morgan fingerprint density at radius 2 is 0.846 bits per heavy atom. The molecule has 2 N–H and O–H groups in total. The summed E-state index contributed by atoms with van der Waals surface area (Å²) in [6, 6.07) is 0. The van der Waals surface area contributed by atoms with E-state index in [0.29, 0.717) is 0 Å². The van der Waals surface area contributed by atoms with Crippen LogP contribution in [0.1, 0.15) is 13.8 Å². The quantitative estimate of drug-likeness (QED) is 0.488. The summed E-state index contributed by atoms with van der Waals surface area (Å²) in [6.07, 6.45) is 0. The van der Waals surface area contributed by atoms with Crippen LogP contribution in [0, 0.1) is 0 Å². The normalized spacial score (nSPS) is 6.92. The first-order valence-electron chi connectivity index (χ1n) is 2.76. The van der Waals surface area contributed by atoms with Crippen LogP contribution in [0.5, 0.6) is 0 Å². The average Bonchev–Trinajstić information content (AvgIpc) is 1.88. The number of hydrogen-bond acceptors (Lipinski definition) is 4. The number of carbonyl (C=O) groups is 4. The van der Waals surface area contributed by atoms with Crippen molar-refractivity contribution in [2.75, 3.05) is 0 Å². The summed E-state index contributed by atoms with van der Waals surface area (Å²) in [7, 11) is 0. The molecule has 0 aromatic carbocycles. The van der Waals surface area contributed by atoms with Gasteiger partial charge in [0, 0.05) is 30.9 Å². The molecule has 0 amide bonds. The second-order valence-corrected chi connectivity index (χ2v) is 1.72. The van der Waals surface area contributed by atoms with E-state index in [2.05, 4.69) is 0 Å². The Morgan fingerprint density at radius 3 is 0.846 bits per heavy atom. The fourth-order valence-electron chi connectivity index (χ4n) is 0. The third-order valence-electron chi connectivity index (χ3n) is 0.602. The monoisotopic (exact) mass is 239 g/mol. The summed E-state index contributed by atoms with van der Waals surface area (Å²) >= 11 is 0. The Kier molecular flexibility index (Phi) is 12.2. The van der Waals surface area contributed by atoms with E-state index in [1.807, 2.05) is 0 Å². The van der Waals surface area contributed by atoms with Crippen LogP contribution in [0.2, 0.25) is 0 Å². The number of rotatable bonds is 2. The largest absolute Gasteiger partial charge is 0.476 e. The molecule has 79 valence electrons. The van der Waals surface area contributed by atoms with Crippen LogP contribution in [0.15, 0.2) is 0 Å². The molecule has 0 unspecified atom stereocenters. The van der Waals surface area contributed by atoms with Gasteiger partial charge in [0.1, 0.15) is 0 Å². The molecular formula is C6H8CuO6. The van der Waals surface area contributed by atoms with Gasteiger partial charge in [-0.15, -0.1) is 0 Å². The van der Waals surface area contributed by atoms with Gasteiger partial charge in [0.25, 0.3) is 0 Å². The van der Waals surface area contributed by atoms with E-state index >= 15 is 0 Å². The molecule has 0 atom stereocenters. The molecule has 0 aliphatic heterocycles. The predicted octanol–water partition coefficient (Wildman–Crippen LogP) is -0.683. The number of carboxylic acid groups (broad SMARTS) is 2. The average molecular weight is 240 g/mol. The van der Waals surface area contributed by atoms with Gasteiger partial charge in [-0.05, 0) is 0 Å². The molecule has 0 aromatic rings. The fraction of sp³-hybridized carbons (Fsp3) is 0.333. The van der Waals surface area contributed by atoms with E-state index in [4.69, 9.17) is 10.2 Å². The van der Waals surface area contributed by atoms with E-state index in [1.165, 1.54) is 0 Å². The van der Waals surface area contributed by atoms with Crippen molar-refractivity contribution in [3.63, 3.8) is 0 Å². The van der Waals surface area contributed by atoms with Gasteiger partial charge in [0.2, 0.25) is 11.6 Å². The molecule has 0 aliphatic carbocycles. The first kappa shape index (κ1) is 17.8. The summed E-state index contributed by atoms with van der Waals surface area (Å²) in [5.74, 6) is -4.41. The molecule has 7 heteroatoms. The van der Waals surface area contributed by atoms with E-state index in [9.17, 15) is 19.2 Å². The minimum Gasteiger partial charge on any atom is -0.476 e. The van der Waals surface area contributed by atoms with Crippen LogP contribution in [0.25, 0.3) is 0 Å². The smallest absolute Gasteiger partial charge is 0.371 e. The second-order valence-electron chi connectivity index (χ2n) is 1.72. The number of carbonyl (C=O) groups excluding carboxylic acids is 2. The molecule has 0 rings (SSSR count). The molecule has 0 fully saturated rings. The van der Waals surface area contributed by atoms with Crippen molar-refractivity contribution in [2.24, 2.45) is 0 Å². The van der Waals surface area contributed by atoms with Crippen LogP contribution in [0.4, 0.5) is 0 Å². The van der Waals surface area contributed by atoms with E-state index in [0.717, 1.165) is 13.8 Å². The first-order chi connectivity index (χ1) is 5.29. The molecule has 0 saturated heterocycles. The van der Waals surface area contributed by atoms with Gasteiger partial charge >= 0.3 is 11.9 Å². The predicted molar refractivity (Wildman–Crippen MR) is 36.6 cm³/mol. The molecule has 0 aromatic heterocycles. The third-order valence-corrected chi connectivity index (χ3v) is 0.602. The molecule has 0 spiro atoms. The molecule has 13 heavy (non-hydrogen) atoms. The Hall–Kier alpha value is -1.20. The molecule has 0 aliphatic rings. The van der Waals surface area contributed by atoms with Crippen molar-refractivity contribution >= 4 is 23.5 Å². The Labute approximate surface area is 84.4 Å². The minimum atomic E-state index is -1.38. The van der Waals surface area contributed by atoms with Crippen LogP contribution < -0.4 is 0 Å². The molecule has 0 saturated carbocycles. The molecule has 0 bridgehead atoms. The van der Waals surface area contributed by atoms with Crippen LogP contribution in [0.3, 0.4) is 0 Å². The van der Waals surface area contributed by atoms with Crippen molar-refractivity contribution in [2.45, 2.75) is 13.8 Å². The Morgan fingerprint density at radius 1 is 0.769 bits per heavy atom. The SMILES string of the molecule is CC(=O)C(=O)O.CC(=O)C(=O)O.[Cu]. The number of ketones is 2. The molecule has 1 radical (unpaired) electrons. The summed E-state index contributed by atoms with van der Waals surface area (Å²) in [4.78, 5) is 37.8. The van der Waals surface area contributed by atoms with Crippen molar-refractivity contribution in [1.29, 1.82) is 0 Å². The van der Waals surface area contributed by atoms with Gasteiger partial charge < -0.3 is 10.2 Å². The van der Waals surface area contributed by atoms with E-state index in [-0.39, 0.29) is 17.1 Å². The topological polar surface area (TPSA) is 109 Å². The van der Waals surface area contributed by atoms with Crippen molar-refractivity contribution in [3.05, 3.63) is 0 Å². The third kappa shape index (κ3) is 18.1. The van der Waals surface area contributed by atoms with E-state index in [1.54, 1.807) is 0 Å². The van der Waals surface area contributed by atoms with Gasteiger partial charge in [-0.3, -0.25) is 9.59 Å². The van der Waals surface area contributed by atoms with E-state index < -0.39 is 23.5 Å². The maximum Gasteiger partial charge on any atom is 0.371 e. The van der Waals surface area contributed by atoms with Crippen LogP contribution >= 0.6 is 0 Å². The molecular weight excluding hydrogens is 232 g/mol. The summed E-state index contributed by atoms with van der Waals surface area (Å²) < 4.78 is 0. The first-order valence-corrected chi connectivity index (χ1v) is 2.76. The summed E-state index contributed by atoms with van der Waals surface area (Å²) in [5, 5.41) is 15.3. The van der Waals surface area contributed by atoms with Crippen LogP contribution in [-0.2, 0) is 36.2 Å². The van der Waals surface area contributed by atoms with Gasteiger partial charge in [0.15, 0.2) is 0 Å².